The third kappa shape index (κ3) is 5.52. The molecule has 1 N–H and O–H groups in total. The summed E-state index contributed by atoms with van der Waals surface area (Å²) in [6, 6.07) is 23.6. The number of benzene rings is 4. The Balaban J connectivity index is 1.52. The fourth-order valence-electron chi connectivity index (χ4n) is 4.42. The van der Waals surface area contributed by atoms with E-state index in [9.17, 15) is 18.3 Å². The Morgan fingerprint density at radius 3 is 2.08 bits per heavy atom. The van der Waals surface area contributed by atoms with Gasteiger partial charge in [-0.25, -0.2) is 8.42 Å². The van der Waals surface area contributed by atoms with Gasteiger partial charge in [0.15, 0.2) is 0 Å². The molecular formula is C30H27BrN3O4S+. The Labute approximate surface area is 235 Å². The van der Waals surface area contributed by atoms with E-state index in [0.717, 1.165) is 21.2 Å². The molecule has 0 amide bonds. The van der Waals surface area contributed by atoms with Crippen molar-refractivity contribution in [1.29, 1.82) is 0 Å². The van der Waals surface area contributed by atoms with Crippen molar-refractivity contribution in [2.24, 2.45) is 0 Å². The number of fused-ring (bicyclic) bond motifs is 1. The maximum Gasteiger partial charge on any atom is 0.279 e. The molecule has 0 saturated carbocycles. The van der Waals surface area contributed by atoms with Crippen molar-refractivity contribution in [3.8, 4) is 22.6 Å². The van der Waals surface area contributed by atoms with Crippen LogP contribution in [0, 0.1) is 0 Å². The number of hydrogen-bond donors (Lipinski definition) is 1. The molecule has 0 aliphatic carbocycles. The summed E-state index contributed by atoms with van der Waals surface area (Å²) in [5.74, 6) is 0.241. The zero-order chi connectivity index (χ0) is 27.9. The average molecular weight is 606 g/mol. The highest BCUT2D eigenvalue weighted by Crippen LogP contribution is 2.29. The van der Waals surface area contributed by atoms with Crippen LogP contribution in [0.2, 0.25) is 0 Å². The molecule has 0 unspecified atom stereocenters. The number of aromatic nitrogens is 2. The third-order valence-corrected chi connectivity index (χ3v) is 8.68. The molecule has 7 nitrogen and oxygen atoms in total. The Morgan fingerprint density at radius 2 is 1.44 bits per heavy atom. The summed E-state index contributed by atoms with van der Waals surface area (Å²) < 4.78 is 28.7. The number of phenolic OH excluding ortho intramolecular Hbond substituents is 1. The van der Waals surface area contributed by atoms with Crippen molar-refractivity contribution in [3.05, 3.63) is 112 Å². The van der Waals surface area contributed by atoms with E-state index in [-0.39, 0.29) is 21.1 Å². The first-order valence-corrected chi connectivity index (χ1v) is 14.5. The van der Waals surface area contributed by atoms with Gasteiger partial charge in [0, 0.05) is 15.4 Å². The van der Waals surface area contributed by atoms with Crippen LogP contribution < -0.4 is 5.56 Å². The van der Waals surface area contributed by atoms with Crippen LogP contribution >= 0.6 is 15.9 Å². The lowest BCUT2D eigenvalue weighted by molar-refractivity contribution is -0.884. The van der Waals surface area contributed by atoms with Gasteiger partial charge < -0.3 is 9.59 Å². The first kappa shape index (κ1) is 26.8. The largest absolute Gasteiger partial charge is 0.507 e. The van der Waals surface area contributed by atoms with Gasteiger partial charge in [-0.1, -0.05) is 34.1 Å². The quantitative estimate of drug-likeness (QED) is 0.256. The third-order valence-electron chi connectivity index (χ3n) is 6.36. The molecule has 0 saturated heterocycles. The molecule has 0 atom stereocenters. The Bertz CT molecular complexity index is 1860. The van der Waals surface area contributed by atoms with Crippen LogP contribution in [0.1, 0.15) is 5.56 Å². The molecular weight excluding hydrogens is 578 g/mol. The van der Waals surface area contributed by atoms with E-state index < -0.39 is 9.84 Å². The van der Waals surface area contributed by atoms with Crippen LogP contribution in [-0.4, -0.2) is 48.9 Å². The Kier molecular flexibility index (Phi) is 6.92. The molecule has 0 aliphatic heterocycles. The second-order valence-corrected chi connectivity index (χ2v) is 13.3. The van der Waals surface area contributed by atoms with E-state index >= 15 is 0 Å². The molecule has 198 valence electrons. The van der Waals surface area contributed by atoms with Gasteiger partial charge in [0.05, 0.1) is 48.2 Å². The predicted octanol–water partition coefficient (Wildman–Crippen LogP) is 5.56. The second kappa shape index (κ2) is 10.1. The van der Waals surface area contributed by atoms with Gasteiger partial charge in [0.1, 0.15) is 12.3 Å². The molecule has 1 aromatic heterocycles. The molecule has 0 aliphatic rings. The van der Waals surface area contributed by atoms with E-state index in [4.69, 9.17) is 0 Å². The molecule has 1 heterocycles. The summed E-state index contributed by atoms with van der Waals surface area (Å²) >= 11 is 3.32. The van der Waals surface area contributed by atoms with Crippen LogP contribution in [-0.2, 0) is 16.4 Å². The molecule has 0 bridgehead atoms. The van der Waals surface area contributed by atoms with E-state index in [1.54, 1.807) is 48.7 Å². The van der Waals surface area contributed by atoms with Crippen LogP contribution in [0.5, 0.6) is 5.75 Å². The maximum absolute atomic E-state index is 13.5. The average Bonchev–Trinajstić information content (AvgIpc) is 2.90. The molecule has 4 aromatic carbocycles. The summed E-state index contributed by atoms with van der Waals surface area (Å²) in [5.41, 5.74) is 2.70. The molecule has 0 radical (unpaired) electrons. The summed E-state index contributed by atoms with van der Waals surface area (Å²) in [5, 5.41) is 15.9. The van der Waals surface area contributed by atoms with Crippen LogP contribution in [0.3, 0.4) is 0 Å². The minimum absolute atomic E-state index is 0.127. The van der Waals surface area contributed by atoms with Crippen molar-refractivity contribution in [3.63, 3.8) is 0 Å². The zero-order valence-electron chi connectivity index (χ0n) is 21.7. The lowest BCUT2D eigenvalue weighted by atomic mass is 10.00. The van der Waals surface area contributed by atoms with Gasteiger partial charge >= 0.3 is 0 Å². The lowest BCUT2D eigenvalue weighted by Gasteiger charge is -2.24. The van der Waals surface area contributed by atoms with Gasteiger partial charge in [-0.3, -0.25) is 4.79 Å². The van der Waals surface area contributed by atoms with E-state index in [0.29, 0.717) is 27.5 Å². The monoisotopic (exact) mass is 604 g/mol. The van der Waals surface area contributed by atoms with Crippen LogP contribution in [0.25, 0.3) is 27.6 Å². The van der Waals surface area contributed by atoms with Gasteiger partial charge in [0.2, 0.25) is 9.84 Å². The topological polar surface area (TPSA) is 89.3 Å². The number of nitrogens with zero attached hydrogens (tertiary/aromatic N) is 3. The highest BCUT2D eigenvalue weighted by molar-refractivity contribution is 9.10. The van der Waals surface area contributed by atoms with Crippen molar-refractivity contribution >= 4 is 36.5 Å². The Hall–Kier alpha value is -3.79. The fourth-order valence-corrected chi connectivity index (χ4v) is 5.95. The molecule has 0 fully saturated rings. The summed E-state index contributed by atoms with van der Waals surface area (Å²) in [4.78, 5) is 13.8. The Morgan fingerprint density at radius 1 is 0.846 bits per heavy atom. The number of sulfone groups is 1. The SMILES string of the molecule is C[N+](C)(C)Cc1cc(-c2ccc3cnn(-c4ccc(S(=O)(=O)c5ccc(Br)cc5)cc4)c(=O)c3c2)ccc1O. The zero-order valence-corrected chi connectivity index (χ0v) is 24.1. The molecule has 39 heavy (non-hydrogen) atoms. The molecule has 0 spiro atoms. The predicted molar refractivity (Wildman–Crippen MR) is 156 cm³/mol. The normalized spacial score (nSPS) is 12.1. The lowest BCUT2D eigenvalue weighted by Crippen LogP contribution is -2.33. The first-order chi connectivity index (χ1) is 18.4. The van der Waals surface area contributed by atoms with E-state index in [2.05, 4.69) is 42.2 Å². The standard InChI is InChI=1S/C30H26BrN3O4S/c1-34(2,3)19-23-16-20(6-15-29(23)35)21-4-5-22-18-32-33(30(36)28(22)17-21)25-9-13-27(14-10-25)39(37,38)26-11-7-24(31)8-12-26/h4-18H,19H2,1-3H3/p+1. The van der Waals surface area contributed by atoms with E-state index in [1.165, 1.54) is 16.8 Å². The van der Waals surface area contributed by atoms with Gasteiger partial charge in [-0.05, 0) is 77.9 Å². The fraction of sp³-hybridized carbons (Fsp3) is 0.133. The minimum atomic E-state index is -3.70. The maximum atomic E-state index is 13.5. The number of rotatable bonds is 6. The van der Waals surface area contributed by atoms with Crippen molar-refractivity contribution in [1.82, 2.24) is 9.78 Å². The summed E-state index contributed by atoms with van der Waals surface area (Å²) in [7, 11) is 2.47. The van der Waals surface area contributed by atoms with Crippen LogP contribution in [0.15, 0.2) is 110 Å². The highest BCUT2D eigenvalue weighted by Gasteiger charge is 2.18. The van der Waals surface area contributed by atoms with Gasteiger partial charge in [-0.15, -0.1) is 0 Å². The molecule has 5 rings (SSSR count). The summed E-state index contributed by atoms with van der Waals surface area (Å²) in [6.45, 7) is 0.650. The number of halogens is 1. The highest BCUT2D eigenvalue weighted by atomic mass is 79.9. The second-order valence-electron chi connectivity index (χ2n) is 10.4. The van der Waals surface area contributed by atoms with Gasteiger partial charge in [-0.2, -0.15) is 9.78 Å². The number of hydrogen-bond acceptors (Lipinski definition) is 5. The van der Waals surface area contributed by atoms with Gasteiger partial charge in [0.25, 0.3) is 5.56 Å². The first-order valence-electron chi connectivity index (χ1n) is 12.2. The van der Waals surface area contributed by atoms with Crippen molar-refractivity contribution in [2.75, 3.05) is 21.1 Å². The van der Waals surface area contributed by atoms with E-state index in [1.807, 2.05) is 30.3 Å². The van der Waals surface area contributed by atoms with Crippen molar-refractivity contribution in [2.45, 2.75) is 16.3 Å². The van der Waals surface area contributed by atoms with Crippen molar-refractivity contribution < 1.29 is 18.0 Å². The molecule has 5 aromatic rings. The summed E-state index contributed by atoms with van der Waals surface area (Å²) in [6.07, 6.45) is 1.62. The minimum Gasteiger partial charge on any atom is -0.507 e. The van der Waals surface area contributed by atoms with Crippen LogP contribution in [0.4, 0.5) is 0 Å². The number of quaternary nitrogens is 1. The number of aromatic hydroxyl groups is 1. The smallest absolute Gasteiger partial charge is 0.279 e. The molecule has 9 heteroatoms. The number of phenols is 1.